The van der Waals surface area contributed by atoms with E-state index in [9.17, 15) is 19.5 Å². The lowest BCUT2D eigenvalue weighted by molar-refractivity contribution is -0.130. The van der Waals surface area contributed by atoms with Crippen LogP contribution in [-0.4, -0.2) is 54.3 Å². The van der Waals surface area contributed by atoms with Crippen molar-refractivity contribution in [3.8, 4) is 5.75 Å². The monoisotopic (exact) mass is 529 g/mol. The van der Waals surface area contributed by atoms with Gasteiger partial charge >= 0.3 is 0 Å². The molecular formula is C33H39NO5. The van der Waals surface area contributed by atoms with Gasteiger partial charge in [-0.2, -0.15) is 0 Å². The van der Waals surface area contributed by atoms with Crippen LogP contribution in [0, 0.1) is 0 Å². The van der Waals surface area contributed by atoms with Crippen LogP contribution in [0.2, 0.25) is 0 Å². The van der Waals surface area contributed by atoms with Gasteiger partial charge in [0.2, 0.25) is 5.91 Å². The lowest BCUT2D eigenvalue weighted by Crippen LogP contribution is -2.37. The highest BCUT2D eigenvalue weighted by molar-refractivity contribution is 6.01. The molecule has 206 valence electrons. The van der Waals surface area contributed by atoms with E-state index in [1.807, 2.05) is 36.4 Å². The number of aryl methyl sites for hydroxylation is 1. The van der Waals surface area contributed by atoms with Gasteiger partial charge in [-0.1, -0.05) is 73.5 Å². The first-order valence-electron chi connectivity index (χ1n) is 13.8. The van der Waals surface area contributed by atoms with Gasteiger partial charge in [0.05, 0.1) is 18.5 Å². The Kier molecular flexibility index (Phi) is 12.9. The van der Waals surface area contributed by atoms with E-state index in [0.29, 0.717) is 18.4 Å². The molecule has 3 aromatic rings. The first-order chi connectivity index (χ1) is 19.1. The molecule has 0 heterocycles. The minimum absolute atomic E-state index is 0.0569. The summed E-state index contributed by atoms with van der Waals surface area (Å²) < 4.78 is 5.78. The summed E-state index contributed by atoms with van der Waals surface area (Å²) in [5.41, 5.74) is 2.62. The normalized spacial score (nSPS) is 10.8. The third-order valence-electron chi connectivity index (χ3n) is 6.68. The zero-order chi connectivity index (χ0) is 27.7. The number of ether oxygens (including phenoxy) is 1. The van der Waals surface area contributed by atoms with Crippen molar-refractivity contribution in [3.05, 3.63) is 101 Å². The molecule has 0 aliphatic rings. The second kappa shape index (κ2) is 16.9. The second-order valence-electron chi connectivity index (χ2n) is 9.76. The van der Waals surface area contributed by atoms with Crippen LogP contribution in [0.4, 0.5) is 0 Å². The van der Waals surface area contributed by atoms with Gasteiger partial charge in [0.15, 0.2) is 12.1 Å². The van der Waals surface area contributed by atoms with Crippen molar-refractivity contribution in [2.24, 2.45) is 0 Å². The van der Waals surface area contributed by atoms with E-state index in [1.165, 1.54) is 23.8 Å². The number of carbonyl (C=O) groups is 3. The van der Waals surface area contributed by atoms with Crippen molar-refractivity contribution >= 4 is 18.0 Å². The molecule has 0 spiro atoms. The van der Waals surface area contributed by atoms with E-state index in [0.717, 1.165) is 63.7 Å². The van der Waals surface area contributed by atoms with Crippen molar-refractivity contribution in [3.63, 3.8) is 0 Å². The Hall–Kier alpha value is -3.77. The Morgan fingerprint density at radius 3 is 2.10 bits per heavy atom. The number of amides is 1. The molecule has 0 aliphatic carbocycles. The number of hydrogen-bond donors (Lipinski definition) is 1. The number of phenols is 1. The van der Waals surface area contributed by atoms with Gasteiger partial charge in [0.1, 0.15) is 5.75 Å². The molecular weight excluding hydrogens is 490 g/mol. The van der Waals surface area contributed by atoms with Crippen LogP contribution in [0.5, 0.6) is 5.75 Å². The molecule has 1 amide bonds. The van der Waals surface area contributed by atoms with Crippen LogP contribution in [-0.2, 0) is 22.4 Å². The summed E-state index contributed by atoms with van der Waals surface area (Å²) >= 11 is 0. The smallest absolute Gasteiger partial charge is 0.227 e. The number of nitrogens with zero attached hydrogens (tertiary/aromatic N) is 1. The van der Waals surface area contributed by atoms with Crippen molar-refractivity contribution in [1.29, 1.82) is 0 Å². The number of phenolic OH excluding ortho intramolecular Hbond substituents is 1. The maximum absolute atomic E-state index is 13.1. The van der Waals surface area contributed by atoms with Crippen LogP contribution >= 0.6 is 0 Å². The van der Waals surface area contributed by atoms with E-state index in [2.05, 4.69) is 24.3 Å². The molecule has 0 aliphatic heterocycles. The average molecular weight is 530 g/mol. The third-order valence-corrected chi connectivity index (χ3v) is 6.68. The SMILES string of the molecule is O=Cc1cc(C(=O)CN(CCCCCCOCCCCc2ccccc2)C(=O)Cc2ccccc2)ccc1O. The predicted octanol–water partition coefficient (Wildman–Crippen LogP) is 6.06. The Labute approximate surface area is 231 Å². The van der Waals surface area contributed by atoms with Crippen LogP contribution in [0.3, 0.4) is 0 Å². The number of benzene rings is 3. The molecule has 6 heteroatoms. The number of hydrogen-bond acceptors (Lipinski definition) is 5. The van der Waals surface area contributed by atoms with E-state index >= 15 is 0 Å². The lowest BCUT2D eigenvalue weighted by atomic mass is 10.1. The van der Waals surface area contributed by atoms with Crippen molar-refractivity contribution in [1.82, 2.24) is 4.90 Å². The molecule has 0 aromatic heterocycles. The first-order valence-corrected chi connectivity index (χ1v) is 13.8. The molecule has 0 saturated heterocycles. The fourth-order valence-corrected chi connectivity index (χ4v) is 4.40. The minimum atomic E-state index is -0.264. The second-order valence-corrected chi connectivity index (χ2v) is 9.76. The van der Waals surface area contributed by atoms with Crippen LogP contribution in [0.25, 0.3) is 0 Å². The zero-order valence-corrected chi connectivity index (χ0v) is 22.6. The number of aldehydes is 1. The van der Waals surface area contributed by atoms with Gasteiger partial charge in [-0.3, -0.25) is 14.4 Å². The van der Waals surface area contributed by atoms with E-state index in [4.69, 9.17) is 4.74 Å². The molecule has 0 atom stereocenters. The zero-order valence-electron chi connectivity index (χ0n) is 22.6. The Morgan fingerprint density at radius 2 is 1.41 bits per heavy atom. The number of rotatable bonds is 18. The van der Waals surface area contributed by atoms with E-state index < -0.39 is 0 Å². The van der Waals surface area contributed by atoms with Crippen molar-refractivity contribution in [2.45, 2.75) is 51.4 Å². The third kappa shape index (κ3) is 10.9. The molecule has 3 rings (SSSR count). The number of ketones is 1. The molecule has 39 heavy (non-hydrogen) atoms. The highest BCUT2D eigenvalue weighted by Crippen LogP contribution is 2.17. The van der Waals surface area contributed by atoms with Crippen molar-refractivity contribution in [2.75, 3.05) is 26.3 Å². The average Bonchev–Trinajstić information content (AvgIpc) is 2.96. The van der Waals surface area contributed by atoms with Gasteiger partial charge < -0.3 is 14.7 Å². The van der Waals surface area contributed by atoms with Gasteiger partial charge in [-0.25, -0.2) is 0 Å². The van der Waals surface area contributed by atoms with E-state index in [1.54, 1.807) is 4.90 Å². The number of carbonyl (C=O) groups excluding carboxylic acids is 3. The molecule has 0 bridgehead atoms. The number of aromatic hydroxyl groups is 1. The maximum atomic E-state index is 13.1. The topological polar surface area (TPSA) is 83.9 Å². The highest BCUT2D eigenvalue weighted by atomic mass is 16.5. The summed E-state index contributed by atoms with van der Waals surface area (Å²) in [5.74, 6) is -0.544. The lowest BCUT2D eigenvalue weighted by Gasteiger charge is -2.22. The van der Waals surface area contributed by atoms with E-state index in [-0.39, 0.29) is 36.0 Å². The summed E-state index contributed by atoms with van der Waals surface area (Å²) in [5, 5.41) is 9.74. The molecule has 0 unspecified atom stereocenters. The summed E-state index contributed by atoms with van der Waals surface area (Å²) in [4.78, 5) is 38.8. The summed E-state index contributed by atoms with van der Waals surface area (Å²) in [6.45, 7) is 1.93. The van der Waals surface area contributed by atoms with Crippen LogP contribution < -0.4 is 0 Å². The first kappa shape index (κ1) is 29.8. The fourth-order valence-electron chi connectivity index (χ4n) is 4.40. The summed E-state index contributed by atoms with van der Waals surface area (Å²) in [6, 6.07) is 24.2. The van der Waals surface area contributed by atoms with Gasteiger partial charge in [0, 0.05) is 25.3 Å². The summed E-state index contributed by atoms with van der Waals surface area (Å²) in [6.07, 6.45) is 7.69. The number of unbranched alkanes of at least 4 members (excludes halogenated alkanes) is 4. The van der Waals surface area contributed by atoms with Gasteiger partial charge in [-0.05, 0) is 61.4 Å². The number of Topliss-reactive ketones (excluding diaryl/α,β-unsaturated/α-hetero) is 1. The predicted molar refractivity (Wildman–Crippen MR) is 153 cm³/mol. The molecule has 6 nitrogen and oxygen atoms in total. The van der Waals surface area contributed by atoms with Gasteiger partial charge in [0.25, 0.3) is 0 Å². The van der Waals surface area contributed by atoms with Crippen molar-refractivity contribution < 1.29 is 24.2 Å². The minimum Gasteiger partial charge on any atom is -0.507 e. The van der Waals surface area contributed by atoms with Crippen LogP contribution in [0.15, 0.2) is 78.9 Å². The van der Waals surface area contributed by atoms with Crippen LogP contribution in [0.1, 0.15) is 70.4 Å². The standard InChI is InChI=1S/C33H39NO5/c35-26-30-24-29(18-19-31(30)36)32(37)25-34(33(38)23-28-16-7-4-8-17-28)20-10-1-2-11-21-39-22-12-9-15-27-13-5-3-6-14-27/h3-8,13-14,16-19,24,26,36H,1-2,9-12,15,20-23,25H2. The largest absolute Gasteiger partial charge is 0.507 e. The fraction of sp³-hybridized carbons (Fsp3) is 0.364. The molecule has 0 radical (unpaired) electrons. The molecule has 0 fully saturated rings. The summed E-state index contributed by atoms with van der Waals surface area (Å²) in [7, 11) is 0. The molecule has 1 N–H and O–H groups in total. The Morgan fingerprint density at radius 1 is 0.769 bits per heavy atom. The van der Waals surface area contributed by atoms with Gasteiger partial charge in [-0.15, -0.1) is 0 Å². The quantitative estimate of drug-likeness (QED) is 0.123. The molecule has 0 saturated carbocycles. The highest BCUT2D eigenvalue weighted by Gasteiger charge is 2.19. The Bertz CT molecular complexity index is 1160. The maximum Gasteiger partial charge on any atom is 0.227 e. The molecule has 3 aromatic carbocycles. The Balaban J connectivity index is 1.39.